The molecule has 0 spiro atoms. The van der Waals surface area contributed by atoms with E-state index in [1.807, 2.05) is 0 Å². The zero-order chi connectivity index (χ0) is 9.07. The molecule has 0 rings (SSSR count). The van der Waals surface area contributed by atoms with Gasteiger partial charge in [0.1, 0.15) is 0 Å². The molecule has 0 aliphatic rings. The fourth-order valence-electron chi connectivity index (χ4n) is 1.22. The molecule has 0 aromatic carbocycles. The van der Waals surface area contributed by atoms with Gasteiger partial charge in [-0.15, -0.1) is 0 Å². The minimum Gasteiger partial charge on any atom is -0.303 e. The summed E-state index contributed by atoms with van der Waals surface area (Å²) < 4.78 is 0. The number of nitrogens with zero attached hydrogens (tertiary/aromatic N) is 1. The van der Waals surface area contributed by atoms with Gasteiger partial charge in [-0.05, 0) is 25.8 Å². The first-order chi connectivity index (χ1) is 4.87. The van der Waals surface area contributed by atoms with Crippen LogP contribution < -0.4 is 0 Å². The van der Waals surface area contributed by atoms with Gasteiger partial charge < -0.3 is 4.90 Å². The molecule has 0 aromatic rings. The highest BCUT2D eigenvalue weighted by Gasteiger charge is 2.15. The predicted molar refractivity (Wildman–Crippen MR) is 51.8 cm³/mol. The van der Waals surface area contributed by atoms with E-state index < -0.39 is 0 Å². The maximum atomic E-state index is 2.43. The van der Waals surface area contributed by atoms with Gasteiger partial charge in [0.15, 0.2) is 0 Å². The molecular weight excluding hydrogens is 134 g/mol. The van der Waals surface area contributed by atoms with Crippen LogP contribution >= 0.6 is 0 Å². The van der Waals surface area contributed by atoms with Crippen LogP contribution in [0, 0.1) is 5.41 Å². The Morgan fingerprint density at radius 1 is 1.27 bits per heavy atom. The summed E-state index contributed by atoms with van der Waals surface area (Å²) in [6, 6.07) is 0.717. The Labute approximate surface area is 71.8 Å². The van der Waals surface area contributed by atoms with Gasteiger partial charge in [0, 0.05) is 12.6 Å². The highest BCUT2D eigenvalue weighted by Crippen LogP contribution is 2.16. The molecule has 0 aliphatic heterocycles. The van der Waals surface area contributed by atoms with E-state index in [1.54, 1.807) is 0 Å². The third-order valence-electron chi connectivity index (χ3n) is 2.07. The zero-order valence-electron chi connectivity index (χ0n) is 8.94. The smallest absolute Gasteiger partial charge is 0.00614 e. The molecule has 1 nitrogen and oxygen atoms in total. The van der Waals surface area contributed by atoms with Crippen molar-refractivity contribution in [3.63, 3.8) is 0 Å². The molecular formula is C10H23N. The standard InChI is InChI=1S/C10H23N/c1-7-9(2)11(6)8-10(3,4)5/h9H,7-8H2,1-6H3. The summed E-state index contributed by atoms with van der Waals surface area (Å²) in [7, 11) is 2.21. The molecule has 0 amide bonds. The SMILES string of the molecule is CCC(C)N(C)CC(C)(C)C. The van der Waals surface area contributed by atoms with Crippen molar-refractivity contribution >= 4 is 0 Å². The molecule has 1 heteroatoms. The van der Waals surface area contributed by atoms with Gasteiger partial charge in [-0.3, -0.25) is 0 Å². The van der Waals surface area contributed by atoms with Gasteiger partial charge in [-0.25, -0.2) is 0 Å². The van der Waals surface area contributed by atoms with Crippen LogP contribution in [0.1, 0.15) is 41.0 Å². The summed E-state index contributed by atoms with van der Waals surface area (Å²) in [6.45, 7) is 12.6. The van der Waals surface area contributed by atoms with Crippen molar-refractivity contribution in [3.05, 3.63) is 0 Å². The lowest BCUT2D eigenvalue weighted by Gasteiger charge is -2.30. The van der Waals surface area contributed by atoms with E-state index in [4.69, 9.17) is 0 Å². The van der Waals surface area contributed by atoms with Crippen LogP contribution in [0.15, 0.2) is 0 Å². The van der Waals surface area contributed by atoms with E-state index in [-0.39, 0.29) is 0 Å². The molecule has 0 aliphatic carbocycles. The molecule has 1 atom stereocenters. The molecule has 0 fully saturated rings. The average Bonchev–Trinajstić information content (AvgIpc) is 1.82. The first-order valence-electron chi connectivity index (χ1n) is 4.57. The van der Waals surface area contributed by atoms with E-state index >= 15 is 0 Å². The normalized spacial score (nSPS) is 15.5. The number of hydrogen-bond donors (Lipinski definition) is 0. The highest BCUT2D eigenvalue weighted by atomic mass is 15.1. The lowest BCUT2D eigenvalue weighted by molar-refractivity contribution is 0.178. The molecule has 0 heterocycles. The Bertz CT molecular complexity index is 102. The zero-order valence-corrected chi connectivity index (χ0v) is 8.94. The van der Waals surface area contributed by atoms with Crippen molar-refractivity contribution in [2.45, 2.75) is 47.1 Å². The fourth-order valence-corrected chi connectivity index (χ4v) is 1.22. The summed E-state index contributed by atoms with van der Waals surface area (Å²) in [5.74, 6) is 0. The molecule has 11 heavy (non-hydrogen) atoms. The minimum absolute atomic E-state index is 0.429. The molecule has 1 unspecified atom stereocenters. The van der Waals surface area contributed by atoms with E-state index in [9.17, 15) is 0 Å². The summed E-state index contributed by atoms with van der Waals surface area (Å²) >= 11 is 0. The van der Waals surface area contributed by atoms with Crippen molar-refractivity contribution in [2.24, 2.45) is 5.41 Å². The monoisotopic (exact) mass is 157 g/mol. The van der Waals surface area contributed by atoms with Crippen LogP contribution in [0.3, 0.4) is 0 Å². The molecule has 0 radical (unpaired) electrons. The van der Waals surface area contributed by atoms with Crippen LogP contribution in [0.5, 0.6) is 0 Å². The summed E-state index contributed by atoms with van der Waals surface area (Å²) in [5.41, 5.74) is 0.429. The maximum absolute atomic E-state index is 2.43. The lowest BCUT2D eigenvalue weighted by atomic mass is 9.95. The fraction of sp³-hybridized carbons (Fsp3) is 1.00. The van der Waals surface area contributed by atoms with E-state index in [0.717, 1.165) is 0 Å². The van der Waals surface area contributed by atoms with Crippen LogP contribution in [-0.4, -0.2) is 24.5 Å². The topological polar surface area (TPSA) is 3.24 Å². The van der Waals surface area contributed by atoms with Crippen LogP contribution in [-0.2, 0) is 0 Å². The molecule has 0 N–H and O–H groups in total. The second-order valence-electron chi connectivity index (χ2n) is 4.73. The number of rotatable bonds is 3. The molecule has 68 valence electrons. The quantitative estimate of drug-likeness (QED) is 0.609. The van der Waals surface area contributed by atoms with Gasteiger partial charge in [0.2, 0.25) is 0 Å². The van der Waals surface area contributed by atoms with Gasteiger partial charge >= 0.3 is 0 Å². The molecule has 0 bridgehead atoms. The minimum atomic E-state index is 0.429. The van der Waals surface area contributed by atoms with Gasteiger partial charge in [0.25, 0.3) is 0 Å². The summed E-state index contributed by atoms with van der Waals surface area (Å²) in [5, 5.41) is 0. The molecule has 0 aromatic heterocycles. The lowest BCUT2D eigenvalue weighted by Crippen LogP contribution is -2.35. The Morgan fingerprint density at radius 2 is 1.73 bits per heavy atom. The van der Waals surface area contributed by atoms with Crippen molar-refractivity contribution in [1.82, 2.24) is 4.90 Å². The first-order valence-corrected chi connectivity index (χ1v) is 4.57. The highest BCUT2D eigenvalue weighted by molar-refractivity contribution is 4.69. The van der Waals surface area contributed by atoms with Crippen molar-refractivity contribution in [2.75, 3.05) is 13.6 Å². The largest absolute Gasteiger partial charge is 0.303 e. The van der Waals surface area contributed by atoms with E-state index in [1.165, 1.54) is 13.0 Å². The Kier molecular flexibility index (Phi) is 4.09. The first kappa shape index (κ1) is 11.0. The second kappa shape index (κ2) is 4.10. The Balaban J connectivity index is 3.77. The Morgan fingerprint density at radius 3 is 2.00 bits per heavy atom. The van der Waals surface area contributed by atoms with Gasteiger partial charge in [-0.1, -0.05) is 27.7 Å². The Hall–Kier alpha value is -0.0400. The number of hydrogen-bond acceptors (Lipinski definition) is 1. The van der Waals surface area contributed by atoms with Crippen molar-refractivity contribution < 1.29 is 0 Å². The van der Waals surface area contributed by atoms with Crippen LogP contribution in [0.25, 0.3) is 0 Å². The summed E-state index contributed by atoms with van der Waals surface area (Å²) in [4.78, 5) is 2.43. The third kappa shape index (κ3) is 5.25. The summed E-state index contributed by atoms with van der Waals surface area (Å²) in [6.07, 6.45) is 1.24. The van der Waals surface area contributed by atoms with Crippen LogP contribution in [0.2, 0.25) is 0 Å². The van der Waals surface area contributed by atoms with Gasteiger partial charge in [0.05, 0.1) is 0 Å². The van der Waals surface area contributed by atoms with Crippen molar-refractivity contribution in [3.8, 4) is 0 Å². The van der Waals surface area contributed by atoms with Crippen LogP contribution in [0.4, 0.5) is 0 Å². The van der Waals surface area contributed by atoms with E-state index in [2.05, 4.69) is 46.6 Å². The maximum Gasteiger partial charge on any atom is 0.00614 e. The molecule has 0 saturated heterocycles. The van der Waals surface area contributed by atoms with Gasteiger partial charge in [-0.2, -0.15) is 0 Å². The average molecular weight is 157 g/mol. The predicted octanol–water partition coefficient (Wildman–Crippen LogP) is 2.76. The second-order valence-corrected chi connectivity index (χ2v) is 4.73. The third-order valence-corrected chi connectivity index (χ3v) is 2.07. The molecule has 0 saturated carbocycles. The van der Waals surface area contributed by atoms with Crippen molar-refractivity contribution in [1.29, 1.82) is 0 Å². The van der Waals surface area contributed by atoms with E-state index in [0.29, 0.717) is 11.5 Å².